The smallest absolute Gasteiger partial charge is 0.223 e. The molecule has 1 aliphatic heterocycles. The number of hydrogen-bond donors (Lipinski definition) is 0. The first-order chi connectivity index (χ1) is 7.29. The topological polar surface area (TPSA) is 46.3 Å². The van der Waals surface area contributed by atoms with E-state index in [9.17, 15) is 4.79 Å². The van der Waals surface area contributed by atoms with Crippen molar-refractivity contribution in [1.29, 1.82) is 0 Å². The predicted molar refractivity (Wildman–Crippen MR) is 53.7 cm³/mol. The average Bonchev–Trinajstić information content (AvgIpc) is 2.84. The number of oxazole rings is 1. The third-order valence-electron chi connectivity index (χ3n) is 2.57. The van der Waals surface area contributed by atoms with E-state index in [1.54, 1.807) is 11.2 Å². The van der Waals surface area contributed by atoms with E-state index in [-0.39, 0.29) is 11.8 Å². The molecule has 0 aromatic carbocycles. The molecule has 0 spiro atoms. The second-order valence-corrected chi connectivity index (χ2v) is 3.64. The van der Waals surface area contributed by atoms with E-state index < -0.39 is 0 Å². The van der Waals surface area contributed by atoms with Gasteiger partial charge in [-0.3, -0.25) is 4.79 Å². The van der Waals surface area contributed by atoms with Crippen LogP contribution in [0.1, 0.15) is 12.1 Å². The van der Waals surface area contributed by atoms with Crippen LogP contribution in [0.5, 0.6) is 0 Å². The van der Waals surface area contributed by atoms with Gasteiger partial charge < -0.3 is 9.32 Å². The molecule has 1 saturated heterocycles. The van der Waals surface area contributed by atoms with E-state index >= 15 is 0 Å². The minimum atomic E-state index is 0.0785. The zero-order valence-electron chi connectivity index (χ0n) is 8.35. The quantitative estimate of drug-likeness (QED) is 0.681. The summed E-state index contributed by atoms with van der Waals surface area (Å²) < 4.78 is 4.85. The Bertz CT molecular complexity index is 378. The Balaban J connectivity index is 1.86. The van der Waals surface area contributed by atoms with Crippen molar-refractivity contribution in [2.24, 2.45) is 5.92 Å². The van der Waals surface area contributed by atoms with Crippen molar-refractivity contribution in [2.45, 2.75) is 12.8 Å². The normalized spacial score (nSPS) is 20.6. The van der Waals surface area contributed by atoms with Crippen molar-refractivity contribution in [3.8, 4) is 12.3 Å². The lowest BCUT2D eigenvalue weighted by Gasteiger charge is -2.14. The molecule has 0 radical (unpaired) electrons. The predicted octanol–water partition coefficient (Wildman–Crippen LogP) is 0.699. The van der Waals surface area contributed by atoms with Gasteiger partial charge in [0.25, 0.3) is 0 Å². The van der Waals surface area contributed by atoms with Crippen molar-refractivity contribution in [2.75, 3.05) is 13.1 Å². The number of carbonyl (C=O) groups excluding carboxylic acids is 1. The summed E-state index contributed by atoms with van der Waals surface area (Å²) in [5.74, 6) is 2.84. The molecule has 4 nitrogen and oxygen atoms in total. The number of hydrogen-bond acceptors (Lipinski definition) is 3. The van der Waals surface area contributed by atoms with Crippen molar-refractivity contribution in [3.05, 3.63) is 18.4 Å². The van der Waals surface area contributed by atoms with Gasteiger partial charge in [-0.25, -0.2) is 4.98 Å². The highest BCUT2D eigenvalue weighted by Crippen LogP contribution is 2.16. The van der Waals surface area contributed by atoms with Crippen LogP contribution in [0.25, 0.3) is 0 Å². The minimum Gasteiger partial charge on any atom is -0.451 e. The summed E-state index contributed by atoms with van der Waals surface area (Å²) >= 11 is 0. The van der Waals surface area contributed by atoms with Gasteiger partial charge in [0.15, 0.2) is 6.39 Å². The molecular weight excluding hydrogens is 192 g/mol. The largest absolute Gasteiger partial charge is 0.451 e. The molecule has 0 bridgehead atoms. The van der Waals surface area contributed by atoms with Gasteiger partial charge in [0, 0.05) is 31.8 Å². The van der Waals surface area contributed by atoms with Crippen LogP contribution < -0.4 is 0 Å². The highest BCUT2D eigenvalue weighted by molar-refractivity contribution is 5.79. The first kappa shape index (κ1) is 9.78. The summed E-state index contributed by atoms with van der Waals surface area (Å²) in [6, 6.07) is 0. The van der Waals surface area contributed by atoms with E-state index in [4.69, 9.17) is 10.8 Å². The van der Waals surface area contributed by atoms with Gasteiger partial charge in [-0.1, -0.05) is 0 Å². The van der Waals surface area contributed by atoms with Gasteiger partial charge in [-0.05, 0) is 0 Å². The van der Waals surface area contributed by atoms with E-state index in [0.29, 0.717) is 19.5 Å². The zero-order chi connectivity index (χ0) is 10.7. The molecule has 1 unspecified atom stereocenters. The fourth-order valence-electron chi connectivity index (χ4n) is 1.71. The molecule has 1 atom stereocenters. The van der Waals surface area contributed by atoms with E-state index in [1.807, 2.05) is 0 Å². The zero-order valence-corrected chi connectivity index (χ0v) is 8.35. The second kappa shape index (κ2) is 4.18. The van der Waals surface area contributed by atoms with Gasteiger partial charge in [-0.15, -0.1) is 12.3 Å². The Labute approximate surface area is 88.3 Å². The van der Waals surface area contributed by atoms with Crippen LogP contribution in [0, 0.1) is 18.3 Å². The van der Waals surface area contributed by atoms with Crippen LogP contribution in [-0.2, 0) is 11.2 Å². The molecule has 1 aromatic rings. The lowest BCUT2D eigenvalue weighted by Crippen LogP contribution is -2.27. The average molecular weight is 204 g/mol. The summed E-state index contributed by atoms with van der Waals surface area (Å²) in [4.78, 5) is 17.3. The molecule has 0 N–H and O–H groups in total. The van der Waals surface area contributed by atoms with Crippen molar-refractivity contribution in [3.63, 3.8) is 0 Å². The molecule has 0 aliphatic carbocycles. The molecule has 1 amide bonds. The molecule has 2 heterocycles. The van der Waals surface area contributed by atoms with Gasteiger partial charge in [0.2, 0.25) is 5.91 Å². The summed E-state index contributed by atoms with van der Waals surface area (Å²) in [6.07, 6.45) is 9.49. The van der Waals surface area contributed by atoms with E-state index in [2.05, 4.69) is 10.9 Å². The van der Waals surface area contributed by atoms with Gasteiger partial charge in [0.05, 0.1) is 5.69 Å². The van der Waals surface area contributed by atoms with Crippen molar-refractivity contribution >= 4 is 5.91 Å². The molecule has 1 aliphatic rings. The Hall–Kier alpha value is -1.76. The summed E-state index contributed by atoms with van der Waals surface area (Å²) in [5.41, 5.74) is 0.868. The molecule has 78 valence electrons. The molecule has 0 saturated carbocycles. The highest BCUT2D eigenvalue weighted by Gasteiger charge is 2.27. The maximum absolute atomic E-state index is 11.5. The number of carbonyl (C=O) groups is 1. The molecule has 1 aromatic heterocycles. The Morgan fingerprint density at radius 3 is 3.20 bits per heavy atom. The van der Waals surface area contributed by atoms with Crippen molar-refractivity contribution in [1.82, 2.24) is 9.88 Å². The maximum Gasteiger partial charge on any atom is 0.223 e. The van der Waals surface area contributed by atoms with Crippen LogP contribution >= 0.6 is 0 Å². The molecule has 2 rings (SSSR count). The molecular formula is C11H12N2O2. The summed E-state index contributed by atoms with van der Waals surface area (Å²) in [6.45, 7) is 1.34. The third-order valence-corrected chi connectivity index (χ3v) is 2.57. The number of likely N-dealkylation sites (tertiary alicyclic amines) is 1. The Kier molecular flexibility index (Phi) is 2.72. The number of rotatable bonds is 3. The minimum absolute atomic E-state index is 0.0785. The Morgan fingerprint density at radius 2 is 2.60 bits per heavy atom. The first-order valence-electron chi connectivity index (χ1n) is 4.90. The van der Waals surface area contributed by atoms with Gasteiger partial charge >= 0.3 is 0 Å². The van der Waals surface area contributed by atoms with E-state index in [1.165, 1.54) is 6.39 Å². The fraction of sp³-hybridized carbons (Fsp3) is 0.455. The van der Waals surface area contributed by atoms with Gasteiger partial charge in [0.1, 0.15) is 6.26 Å². The molecule has 15 heavy (non-hydrogen) atoms. The molecule has 4 heteroatoms. The number of amides is 1. The third kappa shape index (κ3) is 2.18. The monoisotopic (exact) mass is 204 g/mol. The van der Waals surface area contributed by atoms with Crippen LogP contribution in [0.4, 0.5) is 0 Å². The summed E-state index contributed by atoms with van der Waals surface area (Å²) in [7, 11) is 0. The van der Waals surface area contributed by atoms with Gasteiger partial charge in [-0.2, -0.15) is 0 Å². The van der Waals surface area contributed by atoms with Crippen LogP contribution in [0.2, 0.25) is 0 Å². The number of aromatic nitrogens is 1. The van der Waals surface area contributed by atoms with E-state index in [0.717, 1.165) is 12.1 Å². The Morgan fingerprint density at radius 1 is 1.73 bits per heavy atom. The SMILES string of the molecule is C#CC1CC(=O)N(CCc2cocn2)C1. The summed E-state index contributed by atoms with van der Waals surface area (Å²) in [5, 5.41) is 0. The number of nitrogens with zero attached hydrogens (tertiary/aromatic N) is 2. The maximum atomic E-state index is 11.5. The number of terminal acetylenes is 1. The molecule has 1 fully saturated rings. The lowest BCUT2D eigenvalue weighted by molar-refractivity contribution is -0.127. The van der Waals surface area contributed by atoms with Crippen LogP contribution in [0.3, 0.4) is 0 Å². The van der Waals surface area contributed by atoms with Crippen molar-refractivity contribution < 1.29 is 9.21 Å². The fourth-order valence-corrected chi connectivity index (χ4v) is 1.71. The first-order valence-corrected chi connectivity index (χ1v) is 4.90. The second-order valence-electron chi connectivity index (χ2n) is 3.64. The highest BCUT2D eigenvalue weighted by atomic mass is 16.3. The van der Waals surface area contributed by atoms with Crippen LogP contribution in [0.15, 0.2) is 17.1 Å². The lowest BCUT2D eigenvalue weighted by atomic mass is 10.1. The standard InChI is InChI=1S/C11H12N2O2/c1-2-9-5-11(14)13(6-9)4-3-10-7-15-8-12-10/h1,7-9H,3-6H2. The van der Waals surface area contributed by atoms with Crippen LogP contribution in [-0.4, -0.2) is 28.9 Å².